The van der Waals surface area contributed by atoms with E-state index in [2.05, 4.69) is 11.8 Å². The molecule has 0 bridgehead atoms. The zero-order valence-electron chi connectivity index (χ0n) is 11.8. The van der Waals surface area contributed by atoms with Crippen LogP contribution in [0.15, 0.2) is 12.1 Å². The molecule has 3 heteroatoms. The van der Waals surface area contributed by atoms with Crippen LogP contribution in [0.2, 0.25) is 0 Å². The van der Waals surface area contributed by atoms with Gasteiger partial charge in [0, 0.05) is 24.8 Å². The van der Waals surface area contributed by atoms with Crippen molar-refractivity contribution in [3.8, 4) is 0 Å². The van der Waals surface area contributed by atoms with Crippen LogP contribution in [0, 0.1) is 12.7 Å². The Labute approximate surface area is 109 Å². The molecule has 0 radical (unpaired) electrons. The second-order valence-electron chi connectivity index (χ2n) is 4.96. The minimum atomic E-state index is -0.649. The molecule has 0 saturated heterocycles. The first kappa shape index (κ1) is 15.0. The van der Waals surface area contributed by atoms with Crippen LogP contribution in [0.5, 0.6) is 0 Å². The standard InChI is InChI=1S/C15H24FNO/c1-5-6-7-8-17(4)15-9-11(2)14(16)10-13(15)12(3)18/h9-10,12,18H,5-8H2,1-4H3/t12-/m1/s1. The second-order valence-corrected chi connectivity index (χ2v) is 4.96. The molecule has 1 rings (SSSR count). The van der Waals surface area contributed by atoms with E-state index in [4.69, 9.17) is 0 Å². The summed E-state index contributed by atoms with van der Waals surface area (Å²) in [6.07, 6.45) is 2.83. The highest BCUT2D eigenvalue weighted by atomic mass is 19.1. The molecule has 1 aromatic rings. The highest BCUT2D eigenvalue weighted by Crippen LogP contribution is 2.28. The van der Waals surface area contributed by atoms with E-state index in [0.29, 0.717) is 11.1 Å². The average Bonchev–Trinajstić information content (AvgIpc) is 2.32. The fourth-order valence-electron chi connectivity index (χ4n) is 2.07. The van der Waals surface area contributed by atoms with Crippen molar-refractivity contribution in [1.29, 1.82) is 0 Å². The fraction of sp³-hybridized carbons (Fsp3) is 0.600. The minimum Gasteiger partial charge on any atom is -0.389 e. The molecule has 0 amide bonds. The Morgan fingerprint density at radius 2 is 2.00 bits per heavy atom. The van der Waals surface area contributed by atoms with Gasteiger partial charge in [-0.15, -0.1) is 0 Å². The van der Waals surface area contributed by atoms with Crippen molar-refractivity contribution in [2.24, 2.45) is 0 Å². The lowest BCUT2D eigenvalue weighted by Gasteiger charge is -2.24. The van der Waals surface area contributed by atoms with Gasteiger partial charge in [-0.3, -0.25) is 0 Å². The summed E-state index contributed by atoms with van der Waals surface area (Å²) in [5, 5.41) is 9.75. The maximum absolute atomic E-state index is 13.6. The van der Waals surface area contributed by atoms with Crippen molar-refractivity contribution in [2.45, 2.75) is 46.1 Å². The van der Waals surface area contributed by atoms with Crippen LogP contribution in [0.25, 0.3) is 0 Å². The molecule has 0 aromatic heterocycles. The van der Waals surface area contributed by atoms with Gasteiger partial charge in [-0.25, -0.2) is 4.39 Å². The Balaban J connectivity index is 2.94. The number of halogens is 1. The van der Waals surface area contributed by atoms with Gasteiger partial charge in [0.05, 0.1) is 6.10 Å². The van der Waals surface area contributed by atoms with Crippen LogP contribution >= 0.6 is 0 Å². The van der Waals surface area contributed by atoms with Gasteiger partial charge >= 0.3 is 0 Å². The second kappa shape index (κ2) is 6.74. The predicted octanol–water partition coefficient (Wildman–Crippen LogP) is 3.81. The summed E-state index contributed by atoms with van der Waals surface area (Å²) in [5.41, 5.74) is 2.22. The zero-order chi connectivity index (χ0) is 13.7. The normalized spacial score (nSPS) is 12.6. The van der Waals surface area contributed by atoms with E-state index in [9.17, 15) is 9.50 Å². The van der Waals surface area contributed by atoms with Gasteiger partial charge in [-0.2, -0.15) is 0 Å². The molecule has 0 spiro atoms. The van der Waals surface area contributed by atoms with Gasteiger partial charge in [0.25, 0.3) is 0 Å². The molecule has 1 atom stereocenters. The number of hydrogen-bond donors (Lipinski definition) is 1. The minimum absolute atomic E-state index is 0.253. The molecular weight excluding hydrogens is 229 g/mol. The van der Waals surface area contributed by atoms with Crippen LogP contribution in [0.1, 0.15) is 50.3 Å². The molecule has 0 unspecified atom stereocenters. The van der Waals surface area contributed by atoms with Gasteiger partial charge in [-0.05, 0) is 38.0 Å². The summed E-state index contributed by atoms with van der Waals surface area (Å²) in [6.45, 7) is 6.53. The monoisotopic (exact) mass is 253 g/mol. The maximum Gasteiger partial charge on any atom is 0.126 e. The third kappa shape index (κ3) is 3.70. The molecule has 0 saturated carbocycles. The van der Waals surface area contributed by atoms with Gasteiger partial charge in [0.1, 0.15) is 5.82 Å². The van der Waals surface area contributed by atoms with E-state index in [1.807, 2.05) is 13.1 Å². The summed E-state index contributed by atoms with van der Waals surface area (Å²) in [7, 11) is 1.99. The smallest absolute Gasteiger partial charge is 0.126 e. The Morgan fingerprint density at radius 3 is 2.56 bits per heavy atom. The Hall–Kier alpha value is -1.09. The summed E-state index contributed by atoms with van der Waals surface area (Å²) in [6, 6.07) is 3.27. The SMILES string of the molecule is CCCCCN(C)c1cc(C)c(F)cc1[C@@H](C)O. The van der Waals surface area contributed by atoms with Crippen LogP contribution < -0.4 is 4.90 Å². The molecule has 102 valence electrons. The van der Waals surface area contributed by atoms with E-state index in [-0.39, 0.29) is 5.82 Å². The highest BCUT2D eigenvalue weighted by molar-refractivity contribution is 5.56. The molecule has 0 aliphatic rings. The van der Waals surface area contributed by atoms with E-state index < -0.39 is 6.10 Å². The van der Waals surface area contributed by atoms with E-state index in [1.54, 1.807) is 13.8 Å². The number of hydrogen-bond acceptors (Lipinski definition) is 2. The molecule has 0 aliphatic heterocycles. The van der Waals surface area contributed by atoms with Crippen LogP contribution in [-0.2, 0) is 0 Å². The quantitative estimate of drug-likeness (QED) is 0.779. The number of nitrogens with zero attached hydrogens (tertiary/aromatic N) is 1. The van der Waals surface area contributed by atoms with Crippen LogP contribution in [0.4, 0.5) is 10.1 Å². The number of anilines is 1. The number of rotatable bonds is 6. The molecule has 18 heavy (non-hydrogen) atoms. The molecule has 2 nitrogen and oxygen atoms in total. The molecule has 1 N–H and O–H groups in total. The lowest BCUT2D eigenvalue weighted by atomic mass is 10.0. The molecule has 0 heterocycles. The van der Waals surface area contributed by atoms with Gasteiger partial charge in [-0.1, -0.05) is 19.8 Å². The average molecular weight is 253 g/mol. The van der Waals surface area contributed by atoms with Crippen molar-refractivity contribution in [3.05, 3.63) is 29.1 Å². The van der Waals surface area contributed by atoms with Crippen LogP contribution in [0.3, 0.4) is 0 Å². The van der Waals surface area contributed by atoms with Crippen LogP contribution in [-0.4, -0.2) is 18.7 Å². The van der Waals surface area contributed by atoms with Crippen molar-refractivity contribution < 1.29 is 9.50 Å². The van der Waals surface area contributed by atoms with Crippen molar-refractivity contribution in [3.63, 3.8) is 0 Å². The number of aliphatic hydroxyl groups is 1. The maximum atomic E-state index is 13.6. The lowest BCUT2D eigenvalue weighted by molar-refractivity contribution is 0.199. The Bertz CT molecular complexity index is 390. The summed E-state index contributed by atoms with van der Waals surface area (Å²) in [5.74, 6) is -0.253. The highest BCUT2D eigenvalue weighted by Gasteiger charge is 2.14. The third-order valence-corrected chi connectivity index (χ3v) is 3.27. The predicted molar refractivity (Wildman–Crippen MR) is 74.6 cm³/mol. The first-order valence-corrected chi connectivity index (χ1v) is 6.66. The zero-order valence-corrected chi connectivity index (χ0v) is 11.8. The summed E-state index contributed by atoms with van der Waals surface area (Å²) >= 11 is 0. The number of unbranched alkanes of at least 4 members (excludes halogenated alkanes) is 2. The number of benzene rings is 1. The largest absolute Gasteiger partial charge is 0.389 e. The van der Waals surface area contributed by atoms with Crippen molar-refractivity contribution in [1.82, 2.24) is 0 Å². The summed E-state index contributed by atoms with van der Waals surface area (Å²) < 4.78 is 13.6. The first-order chi connectivity index (χ1) is 8.47. The molecule has 1 aromatic carbocycles. The lowest BCUT2D eigenvalue weighted by Crippen LogP contribution is -2.21. The van der Waals surface area contributed by atoms with Crippen molar-refractivity contribution in [2.75, 3.05) is 18.5 Å². The molecular formula is C15H24FNO. The first-order valence-electron chi connectivity index (χ1n) is 6.66. The van der Waals surface area contributed by atoms with E-state index in [1.165, 1.54) is 18.9 Å². The van der Waals surface area contributed by atoms with E-state index >= 15 is 0 Å². The summed E-state index contributed by atoms with van der Waals surface area (Å²) in [4.78, 5) is 2.10. The number of aliphatic hydroxyl groups excluding tert-OH is 1. The van der Waals surface area contributed by atoms with Gasteiger partial charge in [0.15, 0.2) is 0 Å². The van der Waals surface area contributed by atoms with Crippen molar-refractivity contribution >= 4 is 5.69 Å². The molecule has 0 fully saturated rings. The third-order valence-electron chi connectivity index (χ3n) is 3.27. The van der Waals surface area contributed by atoms with E-state index in [0.717, 1.165) is 18.7 Å². The number of aryl methyl sites for hydroxylation is 1. The molecule has 0 aliphatic carbocycles. The van der Waals surface area contributed by atoms with Gasteiger partial charge in [0.2, 0.25) is 0 Å². The fourth-order valence-corrected chi connectivity index (χ4v) is 2.07. The van der Waals surface area contributed by atoms with Gasteiger partial charge < -0.3 is 10.0 Å². The Morgan fingerprint density at radius 1 is 1.33 bits per heavy atom. The Kier molecular flexibility index (Phi) is 5.60. The topological polar surface area (TPSA) is 23.5 Å².